The second-order valence-electron chi connectivity index (χ2n) is 6.17. The molecule has 0 fully saturated rings. The van der Waals surface area contributed by atoms with Crippen molar-refractivity contribution in [3.8, 4) is 5.75 Å². The van der Waals surface area contributed by atoms with Crippen LogP contribution in [0.15, 0.2) is 24.3 Å². The van der Waals surface area contributed by atoms with Crippen molar-refractivity contribution in [2.45, 2.75) is 45.2 Å². The number of para-hydroxylation sites is 1. The minimum Gasteiger partial charge on any atom is -0.496 e. The molecule has 0 atom stereocenters. The Morgan fingerprint density at radius 1 is 1.20 bits per heavy atom. The van der Waals surface area contributed by atoms with Gasteiger partial charge in [0.05, 0.1) is 13.7 Å². The molecule has 2 N–H and O–H groups in total. The van der Waals surface area contributed by atoms with Crippen LogP contribution in [0.4, 0.5) is 4.79 Å². The van der Waals surface area contributed by atoms with Crippen LogP contribution in [-0.4, -0.2) is 34.5 Å². The smallest absolute Gasteiger partial charge is 0.315 e. The summed E-state index contributed by atoms with van der Waals surface area (Å²) in [7, 11) is 1.65. The molecular weight excluding hydrogens is 318 g/mol. The number of ether oxygens (including phenoxy) is 1. The van der Waals surface area contributed by atoms with E-state index in [0.29, 0.717) is 13.1 Å². The maximum atomic E-state index is 12.0. The first-order valence-electron chi connectivity index (χ1n) is 8.82. The van der Waals surface area contributed by atoms with Crippen molar-refractivity contribution in [1.29, 1.82) is 0 Å². The summed E-state index contributed by atoms with van der Waals surface area (Å²) < 4.78 is 7.46. The predicted molar refractivity (Wildman–Crippen MR) is 94.5 cm³/mol. The second kappa shape index (κ2) is 8.50. The molecule has 7 heteroatoms. The molecule has 0 bridgehead atoms. The number of rotatable bonds is 6. The number of aromatic nitrogens is 3. The van der Waals surface area contributed by atoms with Crippen LogP contribution in [-0.2, 0) is 25.9 Å². The number of fused-ring (bicyclic) bond motifs is 1. The van der Waals surface area contributed by atoms with E-state index in [4.69, 9.17) is 4.74 Å². The number of aryl methyl sites for hydroxylation is 1. The summed E-state index contributed by atoms with van der Waals surface area (Å²) in [5, 5.41) is 14.2. The van der Waals surface area contributed by atoms with Gasteiger partial charge in [-0.3, -0.25) is 0 Å². The average Bonchev–Trinajstić information content (AvgIpc) is 2.86. The monoisotopic (exact) mass is 343 g/mol. The van der Waals surface area contributed by atoms with Crippen LogP contribution in [0, 0.1) is 0 Å². The molecule has 0 spiro atoms. The molecule has 2 aromatic rings. The van der Waals surface area contributed by atoms with E-state index in [1.165, 1.54) is 6.42 Å². The van der Waals surface area contributed by atoms with Gasteiger partial charge in [0.1, 0.15) is 11.6 Å². The Hall–Kier alpha value is -2.57. The Morgan fingerprint density at radius 3 is 2.96 bits per heavy atom. The van der Waals surface area contributed by atoms with E-state index in [1.54, 1.807) is 7.11 Å². The van der Waals surface area contributed by atoms with Crippen molar-refractivity contribution in [3.63, 3.8) is 0 Å². The highest BCUT2D eigenvalue weighted by Crippen LogP contribution is 2.17. The lowest BCUT2D eigenvalue weighted by Crippen LogP contribution is -2.36. The number of hydrogen-bond donors (Lipinski definition) is 2. The van der Waals surface area contributed by atoms with Crippen molar-refractivity contribution in [1.82, 2.24) is 25.4 Å². The number of carbonyl (C=O) groups is 1. The zero-order chi connectivity index (χ0) is 17.5. The van der Waals surface area contributed by atoms with Gasteiger partial charge in [-0.15, -0.1) is 10.2 Å². The first-order valence-corrected chi connectivity index (χ1v) is 8.82. The zero-order valence-corrected chi connectivity index (χ0v) is 14.6. The van der Waals surface area contributed by atoms with Gasteiger partial charge in [0, 0.05) is 19.5 Å². The topological polar surface area (TPSA) is 81.1 Å². The lowest BCUT2D eigenvalue weighted by molar-refractivity contribution is 0.240. The molecule has 1 aliphatic heterocycles. The van der Waals surface area contributed by atoms with E-state index in [1.807, 2.05) is 24.3 Å². The van der Waals surface area contributed by atoms with Gasteiger partial charge in [-0.25, -0.2) is 4.79 Å². The van der Waals surface area contributed by atoms with Gasteiger partial charge in [-0.2, -0.15) is 0 Å². The summed E-state index contributed by atoms with van der Waals surface area (Å²) >= 11 is 0. The van der Waals surface area contributed by atoms with Crippen LogP contribution >= 0.6 is 0 Å². The molecule has 7 nitrogen and oxygen atoms in total. The van der Waals surface area contributed by atoms with Crippen molar-refractivity contribution in [2.24, 2.45) is 0 Å². The molecule has 3 rings (SSSR count). The van der Waals surface area contributed by atoms with Crippen LogP contribution in [0.3, 0.4) is 0 Å². The fourth-order valence-corrected chi connectivity index (χ4v) is 3.12. The molecule has 25 heavy (non-hydrogen) atoms. The Morgan fingerprint density at radius 2 is 2.08 bits per heavy atom. The molecule has 0 saturated carbocycles. The van der Waals surface area contributed by atoms with Gasteiger partial charge in [0.2, 0.25) is 0 Å². The molecule has 2 amide bonds. The van der Waals surface area contributed by atoms with Gasteiger partial charge in [0.15, 0.2) is 5.82 Å². The van der Waals surface area contributed by atoms with Crippen LogP contribution < -0.4 is 15.4 Å². The number of urea groups is 1. The molecule has 0 unspecified atom stereocenters. The molecule has 2 heterocycles. The quantitative estimate of drug-likeness (QED) is 0.841. The summed E-state index contributed by atoms with van der Waals surface area (Å²) in [5.41, 5.74) is 1.08. The van der Waals surface area contributed by atoms with E-state index in [9.17, 15) is 4.79 Å². The largest absolute Gasteiger partial charge is 0.496 e. The normalized spacial score (nSPS) is 13.6. The molecule has 1 aromatic carbocycles. The third-order valence-corrected chi connectivity index (χ3v) is 4.47. The summed E-state index contributed by atoms with van der Waals surface area (Å²) in [6.45, 7) is 1.88. The second-order valence-corrected chi connectivity index (χ2v) is 6.17. The summed E-state index contributed by atoms with van der Waals surface area (Å²) in [5.74, 6) is 2.71. The van der Waals surface area contributed by atoms with Gasteiger partial charge < -0.3 is 19.9 Å². The molecular formula is C18H25N5O2. The maximum absolute atomic E-state index is 12.0. The number of nitrogens with zero attached hydrogens (tertiary/aromatic N) is 3. The lowest BCUT2D eigenvalue weighted by Gasteiger charge is -2.11. The van der Waals surface area contributed by atoms with Gasteiger partial charge in [-0.05, 0) is 30.9 Å². The number of carbonyl (C=O) groups excluding carboxylic acids is 1. The lowest BCUT2D eigenvalue weighted by atomic mass is 10.1. The van der Waals surface area contributed by atoms with Gasteiger partial charge >= 0.3 is 6.03 Å². The van der Waals surface area contributed by atoms with E-state index in [-0.39, 0.29) is 6.03 Å². The van der Waals surface area contributed by atoms with Crippen molar-refractivity contribution >= 4 is 6.03 Å². The number of hydrogen-bond acceptors (Lipinski definition) is 4. The van der Waals surface area contributed by atoms with Crippen molar-refractivity contribution in [2.75, 3.05) is 13.7 Å². The molecule has 0 radical (unpaired) electrons. The van der Waals surface area contributed by atoms with E-state index in [0.717, 1.165) is 55.2 Å². The molecule has 0 aliphatic carbocycles. The number of methoxy groups -OCH3 is 1. The van der Waals surface area contributed by atoms with Crippen LogP contribution in [0.25, 0.3) is 0 Å². The Bertz CT molecular complexity index is 713. The fourth-order valence-electron chi connectivity index (χ4n) is 3.12. The Labute approximate surface area is 147 Å². The summed E-state index contributed by atoms with van der Waals surface area (Å²) in [6, 6.07) is 7.63. The third kappa shape index (κ3) is 4.49. The van der Waals surface area contributed by atoms with E-state index < -0.39 is 0 Å². The Kier molecular flexibility index (Phi) is 5.87. The molecule has 1 aliphatic rings. The fraction of sp³-hybridized carbons (Fsp3) is 0.500. The number of nitrogens with one attached hydrogen (secondary N) is 2. The molecule has 0 saturated heterocycles. The predicted octanol–water partition coefficient (Wildman–Crippen LogP) is 2.05. The molecule has 134 valence electrons. The maximum Gasteiger partial charge on any atom is 0.315 e. The highest BCUT2D eigenvalue weighted by Gasteiger charge is 2.15. The van der Waals surface area contributed by atoms with Gasteiger partial charge in [-0.1, -0.05) is 24.6 Å². The zero-order valence-electron chi connectivity index (χ0n) is 14.6. The summed E-state index contributed by atoms with van der Waals surface area (Å²) in [6.07, 6.45) is 5.22. The molecule has 1 aromatic heterocycles. The highest BCUT2D eigenvalue weighted by atomic mass is 16.5. The van der Waals surface area contributed by atoms with Crippen LogP contribution in [0.2, 0.25) is 0 Å². The minimum atomic E-state index is -0.194. The van der Waals surface area contributed by atoms with Gasteiger partial charge in [0.25, 0.3) is 0 Å². The first kappa shape index (κ1) is 17.3. The number of benzene rings is 1. The standard InChI is InChI=1S/C18H25N5O2/c1-25-15-8-5-4-7-14(15)10-11-19-18(24)20-13-17-22-21-16-9-3-2-6-12-23(16)17/h4-5,7-8H,2-3,6,9-13H2,1H3,(H2,19,20,24). The third-order valence-electron chi connectivity index (χ3n) is 4.47. The number of amides is 2. The first-order chi connectivity index (χ1) is 12.3. The minimum absolute atomic E-state index is 0.194. The summed E-state index contributed by atoms with van der Waals surface area (Å²) in [4.78, 5) is 12.0. The van der Waals surface area contributed by atoms with Crippen LogP contribution in [0.1, 0.15) is 36.5 Å². The van der Waals surface area contributed by atoms with E-state index >= 15 is 0 Å². The highest BCUT2D eigenvalue weighted by molar-refractivity contribution is 5.73. The average molecular weight is 343 g/mol. The Balaban J connectivity index is 1.45. The van der Waals surface area contributed by atoms with Crippen molar-refractivity contribution in [3.05, 3.63) is 41.5 Å². The van der Waals surface area contributed by atoms with Crippen LogP contribution in [0.5, 0.6) is 5.75 Å². The van der Waals surface area contributed by atoms with E-state index in [2.05, 4.69) is 25.4 Å². The SMILES string of the molecule is COc1ccccc1CCNC(=O)NCc1nnc2n1CCCCC2. The van der Waals surface area contributed by atoms with Crippen molar-refractivity contribution < 1.29 is 9.53 Å².